The lowest BCUT2D eigenvalue weighted by Crippen LogP contribution is -2.40. The maximum atomic E-state index is 10.1. The molecule has 1 N–H and O–H groups in total. The smallest absolute Gasteiger partial charge is 0.192 e. The Labute approximate surface area is 160 Å². The van der Waals surface area contributed by atoms with Crippen LogP contribution >= 0.6 is 15.9 Å². The topological polar surface area (TPSA) is 47.3 Å². The van der Waals surface area contributed by atoms with Gasteiger partial charge in [0.1, 0.15) is 0 Å². The van der Waals surface area contributed by atoms with Gasteiger partial charge in [-0.05, 0) is 48.8 Å². The van der Waals surface area contributed by atoms with Crippen molar-refractivity contribution in [3.8, 4) is 0 Å². The highest BCUT2D eigenvalue weighted by molar-refractivity contribution is 9.10. The fourth-order valence-electron chi connectivity index (χ4n) is 2.30. The summed E-state index contributed by atoms with van der Waals surface area (Å²) in [7, 11) is -1.82. The van der Waals surface area contributed by atoms with Gasteiger partial charge in [0.05, 0.1) is 30.6 Å². The summed E-state index contributed by atoms with van der Waals surface area (Å²) in [6, 6.07) is 10.1. The summed E-state index contributed by atoms with van der Waals surface area (Å²) in [5.74, 6) is 0. The molecule has 0 aliphatic rings. The van der Waals surface area contributed by atoms with Crippen LogP contribution in [0.2, 0.25) is 18.1 Å². The van der Waals surface area contributed by atoms with Gasteiger partial charge in [-0.1, -0.05) is 48.8 Å². The molecule has 0 amide bonds. The molecule has 0 fully saturated rings. The third-order valence-electron chi connectivity index (χ3n) is 4.90. The van der Waals surface area contributed by atoms with Crippen molar-refractivity contribution in [2.75, 3.05) is 0 Å². The molecule has 0 aliphatic heterocycles. The molecule has 0 bridgehead atoms. The zero-order valence-corrected chi connectivity index (χ0v) is 18.6. The first-order chi connectivity index (χ1) is 11.5. The second-order valence-corrected chi connectivity index (χ2v) is 13.8. The van der Waals surface area contributed by atoms with Crippen molar-refractivity contribution < 1.29 is 9.53 Å². The number of halogens is 1. The Morgan fingerprint density at radius 1 is 1.28 bits per heavy atom. The predicted molar refractivity (Wildman–Crippen MR) is 108 cm³/mol. The van der Waals surface area contributed by atoms with Crippen LogP contribution in [0.4, 0.5) is 0 Å². The molecule has 0 saturated carbocycles. The van der Waals surface area contributed by atoms with Gasteiger partial charge in [-0.2, -0.15) is 5.10 Å². The summed E-state index contributed by atoms with van der Waals surface area (Å²) in [6.45, 7) is 14.0. The maximum absolute atomic E-state index is 10.1. The van der Waals surface area contributed by atoms with E-state index in [-0.39, 0.29) is 5.04 Å². The van der Waals surface area contributed by atoms with E-state index in [2.05, 4.69) is 67.0 Å². The second-order valence-electron chi connectivity index (χ2n) is 8.07. The van der Waals surface area contributed by atoms with Crippen LogP contribution in [0.1, 0.15) is 50.8 Å². The minimum absolute atomic E-state index is 0.166. The fourth-order valence-corrected chi connectivity index (χ4v) is 3.69. The first-order valence-corrected chi connectivity index (χ1v) is 12.3. The van der Waals surface area contributed by atoms with E-state index in [1.165, 1.54) is 0 Å². The first-order valence-electron chi connectivity index (χ1n) is 8.63. The molecule has 4 nitrogen and oxygen atoms in total. The molecule has 0 aliphatic carbocycles. The van der Waals surface area contributed by atoms with Gasteiger partial charge in [0.25, 0.3) is 0 Å². The van der Waals surface area contributed by atoms with Crippen LogP contribution in [-0.4, -0.2) is 23.2 Å². The Morgan fingerprint density at radius 2 is 1.96 bits per heavy atom. The zero-order valence-electron chi connectivity index (χ0n) is 16.0. The molecular weight excluding hydrogens is 396 g/mol. The molecule has 1 atom stereocenters. The normalized spacial score (nSPS) is 13.9. The fraction of sp³-hybridized carbons (Fsp3) is 0.526. The van der Waals surface area contributed by atoms with E-state index in [1.807, 2.05) is 22.9 Å². The van der Waals surface area contributed by atoms with E-state index in [1.54, 1.807) is 6.92 Å². The number of hydrogen-bond donors (Lipinski definition) is 1. The van der Waals surface area contributed by atoms with Crippen molar-refractivity contribution in [1.29, 1.82) is 0 Å². The molecule has 0 saturated heterocycles. The van der Waals surface area contributed by atoms with Gasteiger partial charge in [0.15, 0.2) is 8.32 Å². The van der Waals surface area contributed by atoms with Gasteiger partial charge >= 0.3 is 0 Å². The van der Waals surface area contributed by atoms with E-state index >= 15 is 0 Å². The van der Waals surface area contributed by atoms with Crippen LogP contribution in [0.5, 0.6) is 0 Å². The van der Waals surface area contributed by atoms with Gasteiger partial charge in [-0.15, -0.1) is 0 Å². The van der Waals surface area contributed by atoms with Gasteiger partial charge < -0.3 is 9.53 Å². The molecule has 0 radical (unpaired) electrons. The van der Waals surface area contributed by atoms with Crippen molar-refractivity contribution >= 4 is 24.2 Å². The van der Waals surface area contributed by atoms with Gasteiger partial charge in [0.2, 0.25) is 0 Å². The van der Waals surface area contributed by atoms with Crippen molar-refractivity contribution in [3.63, 3.8) is 0 Å². The monoisotopic (exact) mass is 424 g/mol. The van der Waals surface area contributed by atoms with E-state index < -0.39 is 14.4 Å². The number of aliphatic hydroxyl groups is 1. The Morgan fingerprint density at radius 3 is 2.52 bits per heavy atom. The van der Waals surface area contributed by atoms with Crippen LogP contribution < -0.4 is 0 Å². The number of rotatable bonds is 6. The summed E-state index contributed by atoms with van der Waals surface area (Å²) < 4.78 is 9.18. The summed E-state index contributed by atoms with van der Waals surface area (Å²) >= 11 is 3.50. The Kier molecular flexibility index (Phi) is 6.30. The zero-order chi connectivity index (χ0) is 18.8. The van der Waals surface area contributed by atoms with Crippen molar-refractivity contribution in [2.45, 2.75) is 65.1 Å². The number of aromatic nitrogens is 2. The lowest BCUT2D eigenvalue weighted by molar-refractivity contribution is 0.188. The molecule has 1 unspecified atom stereocenters. The number of hydrogen-bond acceptors (Lipinski definition) is 3. The minimum atomic E-state index is -1.82. The molecule has 1 heterocycles. The average Bonchev–Trinajstić information content (AvgIpc) is 2.87. The predicted octanol–water partition coefficient (Wildman–Crippen LogP) is 5.27. The van der Waals surface area contributed by atoms with Crippen LogP contribution in [0.3, 0.4) is 0 Å². The Balaban J connectivity index is 2.19. The lowest BCUT2D eigenvalue weighted by atomic mass is 10.2. The lowest BCUT2D eigenvalue weighted by Gasteiger charge is -2.35. The highest BCUT2D eigenvalue weighted by Crippen LogP contribution is 2.37. The standard InChI is InChI=1S/C19H29BrN2O2Si/c1-14(23)18-11-17(13-24-25(5,6)19(2,3)4)21-22(18)12-15-8-7-9-16(20)10-15/h7-11,14,23H,12-13H2,1-6H3. The molecule has 25 heavy (non-hydrogen) atoms. The molecule has 1 aromatic carbocycles. The third kappa shape index (κ3) is 5.26. The number of benzene rings is 1. The molecule has 2 rings (SSSR count). The Hall–Kier alpha value is -0.953. The number of aliphatic hydroxyl groups excluding tert-OH is 1. The van der Waals surface area contributed by atoms with Crippen LogP contribution in [0, 0.1) is 0 Å². The second kappa shape index (κ2) is 7.74. The first kappa shape index (κ1) is 20.4. The summed E-state index contributed by atoms with van der Waals surface area (Å²) in [5.41, 5.74) is 2.82. The molecule has 2 aromatic rings. The summed E-state index contributed by atoms with van der Waals surface area (Å²) in [6.07, 6.45) is -0.568. The summed E-state index contributed by atoms with van der Waals surface area (Å²) in [4.78, 5) is 0. The summed E-state index contributed by atoms with van der Waals surface area (Å²) in [5, 5.41) is 15.0. The van der Waals surface area contributed by atoms with Gasteiger partial charge in [-0.3, -0.25) is 4.68 Å². The molecule has 0 spiro atoms. The van der Waals surface area contributed by atoms with Gasteiger partial charge in [0, 0.05) is 4.47 Å². The quantitative estimate of drug-likeness (QED) is 0.642. The van der Waals surface area contributed by atoms with E-state index in [0.29, 0.717) is 13.2 Å². The van der Waals surface area contributed by atoms with Gasteiger partial charge in [-0.25, -0.2) is 0 Å². The van der Waals surface area contributed by atoms with Crippen molar-refractivity contribution in [1.82, 2.24) is 9.78 Å². The highest BCUT2D eigenvalue weighted by Gasteiger charge is 2.37. The molecular formula is C19H29BrN2O2Si. The Bertz CT molecular complexity index is 720. The van der Waals surface area contributed by atoms with Crippen LogP contribution in [0.25, 0.3) is 0 Å². The molecule has 138 valence electrons. The minimum Gasteiger partial charge on any atom is -0.411 e. The van der Waals surface area contributed by atoms with Crippen LogP contribution in [-0.2, 0) is 17.6 Å². The number of nitrogens with zero attached hydrogens (tertiary/aromatic N) is 2. The maximum Gasteiger partial charge on any atom is 0.192 e. The molecule has 1 aromatic heterocycles. The molecule has 6 heteroatoms. The highest BCUT2D eigenvalue weighted by atomic mass is 79.9. The van der Waals surface area contributed by atoms with E-state index in [9.17, 15) is 5.11 Å². The average molecular weight is 425 g/mol. The largest absolute Gasteiger partial charge is 0.411 e. The van der Waals surface area contributed by atoms with Crippen molar-refractivity contribution in [2.24, 2.45) is 0 Å². The third-order valence-corrected chi connectivity index (χ3v) is 9.87. The van der Waals surface area contributed by atoms with E-state index in [0.717, 1.165) is 21.4 Å². The van der Waals surface area contributed by atoms with Crippen LogP contribution in [0.15, 0.2) is 34.8 Å². The van der Waals surface area contributed by atoms with E-state index in [4.69, 9.17) is 4.43 Å². The SMILES string of the molecule is CC(O)c1cc(CO[Si](C)(C)C(C)(C)C)nn1Cc1cccc(Br)c1. The van der Waals surface area contributed by atoms with Crippen molar-refractivity contribution in [3.05, 3.63) is 51.8 Å².